The number of imide groups is 1. The Kier molecular flexibility index (Phi) is 6.39. The number of fused-ring (bicyclic) bond motifs is 1. The molecular weight excluding hydrogens is 396 g/mol. The lowest BCUT2D eigenvalue weighted by molar-refractivity contribution is -0.135. The van der Waals surface area contributed by atoms with Gasteiger partial charge in [0.2, 0.25) is 0 Å². The topological polar surface area (TPSA) is 84.0 Å². The third-order valence-corrected chi connectivity index (χ3v) is 6.94. The number of amides is 3. The van der Waals surface area contributed by atoms with Crippen molar-refractivity contribution in [2.45, 2.75) is 76.3 Å². The number of hydrogen-bond donors (Lipinski definition) is 0. The average molecular weight is 427 g/mol. The largest absolute Gasteiger partial charge is 0.452 e. The third-order valence-electron chi connectivity index (χ3n) is 6.94. The van der Waals surface area contributed by atoms with E-state index in [-0.39, 0.29) is 47.5 Å². The minimum Gasteiger partial charge on any atom is -0.452 e. The van der Waals surface area contributed by atoms with E-state index in [9.17, 15) is 19.2 Å². The Bertz CT molecular complexity index is 884. The zero-order valence-corrected chi connectivity index (χ0v) is 18.1. The van der Waals surface area contributed by atoms with Crippen LogP contribution in [0.3, 0.4) is 0 Å². The summed E-state index contributed by atoms with van der Waals surface area (Å²) in [5, 5.41) is 0. The first-order valence-electron chi connectivity index (χ1n) is 11.4. The summed E-state index contributed by atoms with van der Waals surface area (Å²) in [6.45, 7) is -0.329. The molecule has 166 valence electrons. The van der Waals surface area contributed by atoms with Crippen LogP contribution in [0, 0.1) is 0 Å². The average Bonchev–Trinajstić information content (AvgIpc) is 3.07. The molecule has 7 heteroatoms. The van der Waals surface area contributed by atoms with Crippen molar-refractivity contribution in [2.75, 3.05) is 13.7 Å². The molecule has 3 aliphatic rings. The van der Waals surface area contributed by atoms with Crippen molar-refractivity contribution in [3.63, 3.8) is 0 Å². The van der Waals surface area contributed by atoms with Crippen LogP contribution in [0.25, 0.3) is 0 Å². The lowest BCUT2D eigenvalue weighted by Crippen LogP contribution is -2.40. The molecule has 0 radical (unpaired) electrons. The van der Waals surface area contributed by atoms with Gasteiger partial charge < -0.3 is 9.64 Å². The Balaban J connectivity index is 1.39. The lowest BCUT2D eigenvalue weighted by atomic mass is 9.94. The normalized spacial score (nSPS) is 20.0. The Morgan fingerprint density at radius 3 is 2.23 bits per heavy atom. The molecule has 4 rings (SSSR count). The van der Waals surface area contributed by atoms with Crippen LogP contribution in [0.1, 0.15) is 95.3 Å². The van der Waals surface area contributed by atoms with E-state index in [4.69, 9.17) is 4.74 Å². The predicted octanol–water partition coefficient (Wildman–Crippen LogP) is 3.56. The standard InChI is InChI=1S/C24H30N2O5/c1-25(17-8-4-2-5-9-17)21(27)15-31-24(30)16-12-13-19-20(14-16)23(29)26(22(19)28)18-10-6-3-7-11-18/h12-14,17-18H,2-11,15H2,1H3. The van der Waals surface area contributed by atoms with Crippen molar-refractivity contribution in [3.8, 4) is 0 Å². The van der Waals surface area contributed by atoms with Gasteiger partial charge >= 0.3 is 5.97 Å². The van der Waals surface area contributed by atoms with E-state index in [0.717, 1.165) is 57.8 Å². The summed E-state index contributed by atoms with van der Waals surface area (Å²) in [5.41, 5.74) is 0.759. The van der Waals surface area contributed by atoms with Gasteiger partial charge in [0.15, 0.2) is 6.61 Å². The molecule has 0 atom stereocenters. The number of benzene rings is 1. The summed E-state index contributed by atoms with van der Waals surface area (Å²) in [4.78, 5) is 53.7. The SMILES string of the molecule is CN(C(=O)COC(=O)c1ccc2c(c1)C(=O)N(C1CCCCC1)C2=O)C1CCCCC1. The molecule has 1 aromatic rings. The maximum absolute atomic E-state index is 12.9. The number of ether oxygens (including phenoxy) is 1. The highest BCUT2D eigenvalue weighted by Gasteiger charge is 2.40. The molecule has 2 fully saturated rings. The van der Waals surface area contributed by atoms with E-state index in [1.165, 1.54) is 29.5 Å². The van der Waals surface area contributed by atoms with Gasteiger partial charge in [-0.2, -0.15) is 0 Å². The van der Waals surface area contributed by atoms with Gasteiger partial charge in [0.1, 0.15) is 0 Å². The smallest absolute Gasteiger partial charge is 0.338 e. The number of carbonyl (C=O) groups is 4. The molecule has 31 heavy (non-hydrogen) atoms. The van der Waals surface area contributed by atoms with Gasteiger partial charge in [0, 0.05) is 19.1 Å². The second-order valence-electron chi connectivity index (χ2n) is 8.91. The highest BCUT2D eigenvalue weighted by molar-refractivity contribution is 6.22. The Hall–Kier alpha value is -2.70. The minimum absolute atomic E-state index is 0.0653. The number of likely N-dealkylation sites (N-methyl/N-ethyl adjacent to an activating group) is 1. The Labute approximate surface area is 182 Å². The quantitative estimate of drug-likeness (QED) is 0.531. The number of rotatable bonds is 5. The van der Waals surface area contributed by atoms with E-state index in [2.05, 4.69) is 0 Å². The van der Waals surface area contributed by atoms with Crippen molar-refractivity contribution in [1.82, 2.24) is 9.80 Å². The molecule has 0 unspecified atom stereocenters. The maximum atomic E-state index is 12.9. The fraction of sp³-hybridized carbons (Fsp3) is 0.583. The van der Waals surface area contributed by atoms with Gasteiger partial charge in [-0.3, -0.25) is 19.3 Å². The summed E-state index contributed by atoms with van der Waals surface area (Å²) in [6.07, 6.45) is 10.2. The van der Waals surface area contributed by atoms with E-state index < -0.39 is 5.97 Å². The van der Waals surface area contributed by atoms with E-state index >= 15 is 0 Å². The fourth-order valence-corrected chi connectivity index (χ4v) is 5.04. The van der Waals surface area contributed by atoms with Gasteiger partial charge in [-0.1, -0.05) is 38.5 Å². The van der Waals surface area contributed by atoms with Crippen molar-refractivity contribution < 1.29 is 23.9 Å². The summed E-state index contributed by atoms with van der Waals surface area (Å²) in [6, 6.07) is 4.58. The predicted molar refractivity (Wildman–Crippen MR) is 114 cm³/mol. The number of carbonyl (C=O) groups excluding carboxylic acids is 4. The molecular formula is C24H30N2O5. The van der Waals surface area contributed by atoms with E-state index in [1.807, 2.05) is 0 Å². The van der Waals surface area contributed by atoms with Crippen LogP contribution in [-0.4, -0.2) is 59.2 Å². The van der Waals surface area contributed by atoms with Crippen LogP contribution in [0.15, 0.2) is 18.2 Å². The molecule has 1 heterocycles. The highest BCUT2D eigenvalue weighted by atomic mass is 16.5. The Morgan fingerprint density at radius 2 is 1.55 bits per heavy atom. The number of hydrogen-bond acceptors (Lipinski definition) is 5. The van der Waals surface area contributed by atoms with Crippen molar-refractivity contribution in [2.24, 2.45) is 0 Å². The van der Waals surface area contributed by atoms with Crippen LogP contribution in [0.4, 0.5) is 0 Å². The van der Waals surface area contributed by atoms with Gasteiger partial charge in [-0.25, -0.2) is 4.79 Å². The summed E-state index contributed by atoms with van der Waals surface area (Å²) in [5.74, 6) is -1.51. The molecule has 2 aliphatic carbocycles. The van der Waals surface area contributed by atoms with E-state index in [1.54, 1.807) is 11.9 Å². The first-order chi connectivity index (χ1) is 15.0. The second-order valence-corrected chi connectivity index (χ2v) is 8.91. The van der Waals surface area contributed by atoms with Crippen LogP contribution in [-0.2, 0) is 9.53 Å². The molecule has 7 nitrogen and oxygen atoms in total. The molecule has 3 amide bonds. The van der Waals surface area contributed by atoms with Crippen LogP contribution < -0.4 is 0 Å². The van der Waals surface area contributed by atoms with E-state index in [0.29, 0.717) is 5.56 Å². The van der Waals surface area contributed by atoms with Gasteiger partial charge in [-0.15, -0.1) is 0 Å². The highest BCUT2D eigenvalue weighted by Crippen LogP contribution is 2.31. The van der Waals surface area contributed by atoms with Gasteiger partial charge in [0.25, 0.3) is 17.7 Å². The summed E-state index contributed by atoms with van der Waals surface area (Å²) < 4.78 is 5.23. The van der Waals surface area contributed by atoms with Crippen molar-refractivity contribution in [3.05, 3.63) is 34.9 Å². The molecule has 0 saturated heterocycles. The van der Waals surface area contributed by atoms with Crippen LogP contribution in [0.2, 0.25) is 0 Å². The van der Waals surface area contributed by atoms with Crippen LogP contribution in [0.5, 0.6) is 0 Å². The Morgan fingerprint density at radius 1 is 0.935 bits per heavy atom. The minimum atomic E-state index is -0.662. The second kappa shape index (κ2) is 9.20. The van der Waals surface area contributed by atoms with Crippen molar-refractivity contribution in [1.29, 1.82) is 0 Å². The maximum Gasteiger partial charge on any atom is 0.338 e. The zero-order valence-electron chi connectivity index (χ0n) is 18.1. The first-order valence-corrected chi connectivity index (χ1v) is 11.4. The molecule has 0 spiro atoms. The van der Waals surface area contributed by atoms with Gasteiger partial charge in [-0.05, 0) is 43.9 Å². The lowest BCUT2D eigenvalue weighted by Gasteiger charge is -2.31. The number of esters is 1. The summed E-state index contributed by atoms with van der Waals surface area (Å²) in [7, 11) is 1.76. The number of nitrogens with zero attached hydrogens (tertiary/aromatic N) is 2. The zero-order chi connectivity index (χ0) is 22.0. The van der Waals surface area contributed by atoms with Crippen LogP contribution >= 0.6 is 0 Å². The summed E-state index contributed by atoms with van der Waals surface area (Å²) >= 11 is 0. The fourth-order valence-electron chi connectivity index (χ4n) is 5.04. The molecule has 2 saturated carbocycles. The first kappa shape index (κ1) is 21.5. The monoisotopic (exact) mass is 426 g/mol. The molecule has 1 aliphatic heterocycles. The molecule has 0 N–H and O–H groups in total. The molecule has 0 bridgehead atoms. The van der Waals surface area contributed by atoms with Crippen molar-refractivity contribution >= 4 is 23.7 Å². The molecule has 1 aromatic carbocycles. The molecule has 0 aromatic heterocycles. The third kappa shape index (κ3) is 4.36. The van der Waals surface area contributed by atoms with Gasteiger partial charge in [0.05, 0.1) is 16.7 Å².